The topological polar surface area (TPSA) is 86.8 Å². The predicted molar refractivity (Wildman–Crippen MR) is 161 cm³/mol. The second-order valence-electron chi connectivity index (χ2n) is 9.64. The summed E-state index contributed by atoms with van der Waals surface area (Å²) >= 11 is 18.5. The zero-order valence-electron chi connectivity index (χ0n) is 22.5. The van der Waals surface area contributed by atoms with Crippen LogP contribution in [0.4, 0.5) is 5.69 Å². The first-order valence-electron chi connectivity index (χ1n) is 12.8. The summed E-state index contributed by atoms with van der Waals surface area (Å²) in [6, 6.07) is 18.2. The Balaban J connectivity index is 2.05. The van der Waals surface area contributed by atoms with Gasteiger partial charge < -0.3 is 10.2 Å². The third kappa shape index (κ3) is 8.13. The van der Waals surface area contributed by atoms with Gasteiger partial charge in [0.2, 0.25) is 11.8 Å². The van der Waals surface area contributed by atoms with E-state index >= 15 is 0 Å². The van der Waals surface area contributed by atoms with Gasteiger partial charge in [0.25, 0.3) is 10.0 Å². The lowest BCUT2D eigenvalue weighted by atomic mass is 10.1. The fourth-order valence-electron chi connectivity index (χ4n) is 4.06. The van der Waals surface area contributed by atoms with Crippen molar-refractivity contribution >= 4 is 62.3 Å². The largest absolute Gasteiger partial charge is 0.354 e. The van der Waals surface area contributed by atoms with Crippen molar-refractivity contribution in [2.45, 2.75) is 44.7 Å². The number of hydrogen-bond donors (Lipinski definition) is 1. The molecule has 11 heteroatoms. The molecule has 1 atom stereocenters. The Morgan fingerprint density at radius 1 is 0.900 bits per heavy atom. The van der Waals surface area contributed by atoms with Crippen LogP contribution < -0.4 is 9.62 Å². The molecular formula is C29H32Cl3N3O4S. The van der Waals surface area contributed by atoms with Gasteiger partial charge in [-0.3, -0.25) is 13.9 Å². The number of benzene rings is 3. The molecular weight excluding hydrogens is 593 g/mol. The van der Waals surface area contributed by atoms with Crippen LogP contribution in [0, 0.1) is 5.92 Å². The van der Waals surface area contributed by atoms with E-state index in [1.54, 1.807) is 61.5 Å². The third-order valence-corrected chi connectivity index (χ3v) is 8.88. The third-order valence-electron chi connectivity index (χ3n) is 6.11. The molecule has 3 aromatic rings. The Morgan fingerprint density at radius 3 is 2.20 bits per heavy atom. The molecule has 0 aliphatic heterocycles. The van der Waals surface area contributed by atoms with E-state index in [1.807, 2.05) is 13.8 Å². The Hall–Kier alpha value is -2.78. The molecule has 0 bridgehead atoms. The number of halogens is 3. The summed E-state index contributed by atoms with van der Waals surface area (Å²) in [5, 5.41) is 3.86. The van der Waals surface area contributed by atoms with Crippen molar-refractivity contribution in [1.82, 2.24) is 10.2 Å². The number of sulfonamides is 1. The molecule has 1 N–H and O–H groups in total. The molecule has 0 saturated heterocycles. The molecule has 0 aliphatic carbocycles. The molecule has 0 aromatic heterocycles. The highest BCUT2D eigenvalue weighted by molar-refractivity contribution is 7.92. The number of nitrogens with zero attached hydrogens (tertiary/aromatic N) is 2. The minimum atomic E-state index is -4.17. The molecule has 214 valence electrons. The second-order valence-corrected chi connectivity index (χ2v) is 12.8. The molecule has 0 radical (unpaired) electrons. The SMILES string of the molecule is CC[C@H](C(=O)NCC(C)C)N(Cc1ccc(Cl)c(Cl)c1)C(=O)CN(c1cccc(Cl)c1)S(=O)(=O)c1ccccc1. The van der Waals surface area contributed by atoms with Crippen LogP contribution in [-0.2, 0) is 26.2 Å². The van der Waals surface area contributed by atoms with Gasteiger partial charge >= 0.3 is 0 Å². The van der Waals surface area contributed by atoms with E-state index in [9.17, 15) is 18.0 Å². The number of amides is 2. The van der Waals surface area contributed by atoms with E-state index in [1.165, 1.54) is 23.1 Å². The Labute approximate surface area is 251 Å². The number of carbonyl (C=O) groups is 2. The quantitative estimate of drug-likeness (QED) is 0.252. The average Bonchev–Trinajstić information content (AvgIpc) is 2.92. The molecule has 40 heavy (non-hydrogen) atoms. The lowest BCUT2D eigenvalue weighted by molar-refractivity contribution is -0.140. The molecule has 3 rings (SSSR count). The summed E-state index contributed by atoms with van der Waals surface area (Å²) in [6.45, 7) is 5.62. The molecule has 0 fully saturated rings. The highest BCUT2D eigenvalue weighted by atomic mass is 35.5. The van der Waals surface area contributed by atoms with E-state index < -0.39 is 28.5 Å². The van der Waals surface area contributed by atoms with Gasteiger partial charge in [0, 0.05) is 18.1 Å². The fraction of sp³-hybridized carbons (Fsp3) is 0.310. The van der Waals surface area contributed by atoms with Crippen LogP contribution in [0.2, 0.25) is 15.1 Å². The van der Waals surface area contributed by atoms with Crippen molar-refractivity contribution in [3.63, 3.8) is 0 Å². The molecule has 0 spiro atoms. The van der Waals surface area contributed by atoms with Crippen molar-refractivity contribution in [2.75, 3.05) is 17.4 Å². The monoisotopic (exact) mass is 623 g/mol. The van der Waals surface area contributed by atoms with E-state index in [4.69, 9.17) is 34.8 Å². The summed E-state index contributed by atoms with van der Waals surface area (Å²) in [5.74, 6) is -0.697. The van der Waals surface area contributed by atoms with Gasteiger partial charge in [-0.15, -0.1) is 0 Å². The van der Waals surface area contributed by atoms with Crippen LogP contribution >= 0.6 is 34.8 Å². The number of nitrogens with one attached hydrogen (secondary N) is 1. The summed E-state index contributed by atoms with van der Waals surface area (Å²) in [7, 11) is -4.17. The Kier molecular flexibility index (Phi) is 11.3. The molecule has 0 saturated carbocycles. The fourth-order valence-corrected chi connectivity index (χ4v) is 5.99. The van der Waals surface area contributed by atoms with Gasteiger partial charge in [-0.1, -0.05) is 85.9 Å². The lowest BCUT2D eigenvalue weighted by Crippen LogP contribution is -2.52. The molecule has 7 nitrogen and oxygen atoms in total. The molecule has 0 heterocycles. The van der Waals surface area contributed by atoms with Crippen LogP contribution in [-0.4, -0.2) is 44.3 Å². The average molecular weight is 625 g/mol. The molecule has 2 amide bonds. The first kappa shape index (κ1) is 31.7. The molecule has 3 aromatic carbocycles. The Morgan fingerprint density at radius 2 is 1.60 bits per heavy atom. The zero-order valence-corrected chi connectivity index (χ0v) is 25.6. The van der Waals surface area contributed by atoms with Crippen molar-refractivity contribution in [1.29, 1.82) is 0 Å². The van der Waals surface area contributed by atoms with Crippen molar-refractivity contribution in [2.24, 2.45) is 5.92 Å². The normalized spacial score (nSPS) is 12.2. The van der Waals surface area contributed by atoms with Crippen LogP contribution in [0.1, 0.15) is 32.8 Å². The lowest BCUT2D eigenvalue weighted by Gasteiger charge is -2.33. The summed E-state index contributed by atoms with van der Waals surface area (Å²) in [4.78, 5) is 28.7. The van der Waals surface area contributed by atoms with Crippen LogP contribution in [0.15, 0.2) is 77.7 Å². The number of rotatable bonds is 12. The predicted octanol–water partition coefficient (Wildman–Crippen LogP) is 6.42. The van der Waals surface area contributed by atoms with Crippen molar-refractivity contribution < 1.29 is 18.0 Å². The van der Waals surface area contributed by atoms with Crippen LogP contribution in [0.25, 0.3) is 0 Å². The smallest absolute Gasteiger partial charge is 0.264 e. The maximum absolute atomic E-state index is 14.0. The highest BCUT2D eigenvalue weighted by Gasteiger charge is 2.33. The van der Waals surface area contributed by atoms with E-state index in [2.05, 4.69) is 5.32 Å². The molecule has 0 unspecified atom stereocenters. The zero-order chi connectivity index (χ0) is 29.4. The van der Waals surface area contributed by atoms with Crippen molar-refractivity contribution in [3.05, 3.63) is 93.4 Å². The van der Waals surface area contributed by atoms with E-state index in [0.717, 1.165) is 4.31 Å². The minimum Gasteiger partial charge on any atom is -0.354 e. The van der Waals surface area contributed by atoms with Gasteiger partial charge in [0.15, 0.2) is 0 Å². The maximum Gasteiger partial charge on any atom is 0.264 e. The number of anilines is 1. The van der Waals surface area contributed by atoms with Gasteiger partial charge in [0.05, 0.1) is 20.6 Å². The standard InChI is InChI=1S/C29H32Cl3N3O4S/c1-4-27(29(37)33-17-20(2)3)34(18-21-13-14-25(31)26(32)15-21)28(36)19-35(23-10-8-9-22(30)16-23)40(38,39)24-11-6-5-7-12-24/h5-16,20,27H,4,17-19H2,1-3H3,(H,33,37)/t27-/m1/s1. The van der Waals surface area contributed by atoms with Gasteiger partial charge in [-0.25, -0.2) is 8.42 Å². The number of carbonyl (C=O) groups excluding carboxylic acids is 2. The van der Waals surface area contributed by atoms with Crippen LogP contribution in [0.3, 0.4) is 0 Å². The van der Waals surface area contributed by atoms with Crippen LogP contribution in [0.5, 0.6) is 0 Å². The van der Waals surface area contributed by atoms with Gasteiger partial charge in [-0.05, 0) is 60.4 Å². The second kappa shape index (κ2) is 14.2. The molecule has 0 aliphatic rings. The summed E-state index contributed by atoms with van der Waals surface area (Å²) in [5.41, 5.74) is 0.856. The van der Waals surface area contributed by atoms with Gasteiger partial charge in [-0.2, -0.15) is 0 Å². The van der Waals surface area contributed by atoms with E-state index in [0.29, 0.717) is 33.6 Å². The first-order chi connectivity index (χ1) is 18.9. The minimum absolute atomic E-state index is 0.0120. The Bertz CT molecular complexity index is 1440. The number of hydrogen-bond acceptors (Lipinski definition) is 4. The van der Waals surface area contributed by atoms with E-state index in [-0.39, 0.29) is 29.0 Å². The highest BCUT2D eigenvalue weighted by Crippen LogP contribution is 2.28. The summed E-state index contributed by atoms with van der Waals surface area (Å²) in [6.07, 6.45) is 0.305. The van der Waals surface area contributed by atoms with Crippen molar-refractivity contribution in [3.8, 4) is 0 Å². The summed E-state index contributed by atoms with van der Waals surface area (Å²) < 4.78 is 28.6. The first-order valence-corrected chi connectivity index (χ1v) is 15.4. The maximum atomic E-state index is 14.0. The van der Waals surface area contributed by atoms with Gasteiger partial charge in [0.1, 0.15) is 12.6 Å².